The maximum Gasteiger partial charge on any atom is 0.208 e. The number of nitrogens with one attached hydrogen (secondary N) is 3. The van der Waals surface area contributed by atoms with Gasteiger partial charge >= 0.3 is 0 Å². The number of aromatic amines is 1. The molecule has 0 amide bonds. The van der Waals surface area contributed by atoms with Gasteiger partial charge in [-0.25, -0.2) is 15.0 Å². The van der Waals surface area contributed by atoms with Crippen molar-refractivity contribution in [2.24, 2.45) is 0 Å². The minimum atomic E-state index is 0.0185. The van der Waals surface area contributed by atoms with Crippen molar-refractivity contribution in [3.63, 3.8) is 0 Å². The van der Waals surface area contributed by atoms with E-state index in [1.54, 1.807) is 6.20 Å². The standard InChI is InChI=1S/C16H15N7O/c24-8-7-18-14-12-15(20-9-19-14)23-16(21-12)22-13-11-4-2-1-3-10(11)5-6-17-13/h1-6,9,24H,7-8H2,(H3,17,18,19,20,21,22,23). The van der Waals surface area contributed by atoms with Gasteiger partial charge in [0.05, 0.1) is 6.61 Å². The van der Waals surface area contributed by atoms with Gasteiger partial charge in [0.1, 0.15) is 17.7 Å². The van der Waals surface area contributed by atoms with Crippen LogP contribution in [0.2, 0.25) is 0 Å². The van der Waals surface area contributed by atoms with Crippen molar-refractivity contribution >= 4 is 39.5 Å². The van der Waals surface area contributed by atoms with Gasteiger partial charge in [-0.3, -0.25) is 0 Å². The van der Waals surface area contributed by atoms with E-state index in [1.807, 2.05) is 30.3 Å². The lowest BCUT2D eigenvalue weighted by molar-refractivity contribution is 0.311. The van der Waals surface area contributed by atoms with Gasteiger partial charge in [-0.15, -0.1) is 0 Å². The number of H-pyrrole nitrogens is 1. The second kappa shape index (κ2) is 6.09. The second-order valence-electron chi connectivity index (χ2n) is 5.16. The Morgan fingerprint density at radius 3 is 2.88 bits per heavy atom. The highest BCUT2D eigenvalue weighted by atomic mass is 16.3. The van der Waals surface area contributed by atoms with Crippen molar-refractivity contribution in [1.29, 1.82) is 0 Å². The molecule has 120 valence electrons. The third kappa shape index (κ3) is 2.59. The van der Waals surface area contributed by atoms with Crippen molar-refractivity contribution in [1.82, 2.24) is 24.9 Å². The summed E-state index contributed by atoms with van der Waals surface area (Å²) in [5.41, 5.74) is 1.21. The summed E-state index contributed by atoms with van der Waals surface area (Å²) in [4.78, 5) is 20.3. The molecule has 4 aromatic rings. The molecular formula is C16H15N7O. The first-order valence-corrected chi connectivity index (χ1v) is 7.51. The van der Waals surface area contributed by atoms with Crippen LogP contribution in [0.4, 0.5) is 17.6 Å². The van der Waals surface area contributed by atoms with Crippen molar-refractivity contribution < 1.29 is 5.11 Å². The molecule has 0 aliphatic heterocycles. The predicted molar refractivity (Wildman–Crippen MR) is 92.3 cm³/mol. The molecule has 0 aliphatic carbocycles. The number of aliphatic hydroxyl groups is 1. The number of nitrogens with zero attached hydrogens (tertiary/aromatic N) is 4. The normalized spacial score (nSPS) is 11.0. The number of aliphatic hydroxyl groups excluding tert-OH is 1. The highest BCUT2D eigenvalue weighted by molar-refractivity contribution is 5.93. The molecule has 24 heavy (non-hydrogen) atoms. The Morgan fingerprint density at radius 2 is 1.96 bits per heavy atom. The van der Waals surface area contributed by atoms with Gasteiger partial charge < -0.3 is 20.7 Å². The molecule has 4 N–H and O–H groups in total. The Labute approximate surface area is 137 Å². The van der Waals surface area contributed by atoms with Crippen LogP contribution in [-0.2, 0) is 0 Å². The van der Waals surface area contributed by atoms with Crippen molar-refractivity contribution in [3.05, 3.63) is 42.9 Å². The van der Waals surface area contributed by atoms with Gasteiger partial charge in [0.15, 0.2) is 11.5 Å². The van der Waals surface area contributed by atoms with E-state index in [9.17, 15) is 0 Å². The summed E-state index contributed by atoms with van der Waals surface area (Å²) in [6.07, 6.45) is 3.18. The molecule has 0 unspecified atom stereocenters. The van der Waals surface area contributed by atoms with Crippen LogP contribution < -0.4 is 10.6 Å². The van der Waals surface area contributed by atoms with E-state index >= 15 is 0 Å². The SMILES string of the molecule is OCCNc1ncnc2nc(Nc3nccc4ccccc34)[nH]c12. The maximum absolute atomic E-state index is 8.95. The average molecular weight is 321 g/mol. The molecule has 0 atom stereocenters. The van der Waals surface area contributed by atoms with E-state index in [0.717, 1.165) is 10.8 Å². The van der Waals surface area contributed by atoms with Gasteiger partial charge in [-0.05, 0) is 11.5 Å². The monoisotopic (exact) mass is 321 g/mol. The summed E-state index contributed by atoms with van der Waals surface area (Å²) in [5.74, 6) is 1.84. The summed E-state index contributed by atoms with van der Waals surface area (Å²) >= 11 is 0. The maximum atomic E-state index is 8.95. The Kier molecular flexibility index (Phi) is 3.64. The van der Waals surface area contributed by atoms with Crippen LogP contribution in [0.3, 0.4) is 0 Å². The fourth-order valence-corrected chi connectivity index (χ4v) is 2.53. The number of benzene rings is 1. The highest BCUT2D eigenvalue weighted by Crippen LogP contribution is 2.25. The summed E-state index contributed by atoms with van der Waals surface area (Å²) in [7, 11) is 0. The summed E-state index contributed by atoms with van der Waals surface area (Å²) in [6, 6.07) is 9.95. The first-order chi connectivity index (χ1) is 11.8. The van der Waals surface area contributed by atoms with E-state index in [0.29, 0.717) is 35.3 Å². The molecule has 0 radical (unpaired) electrons. The zero-order valence-corrected chi connectivity index (χ0v) is 12.7. The van der Waals surface area contributed by atoms with Gasteiger partial charge in [0.2, 0.25) is 5.95 Å². The Bertz CT molecular complexity index is 993. The van der Waals surface area contributed by atoms with E-state index in [-0.39, 0.29) is 6.61 Å². The van der Waals surface area contributed by atoms with Crippen LogP contribution >= 0.6 is 0 Å². The second-order valence-corrected chi connectivity index (χ2v) is 5.16. The van der Waals surface area contributed by atoms with Crippen molar-refractivity contribution in [3.8, 4) is 0 Å². The highest BCUT2D eigenvalue weighted by Gasteiger charge is 2.11. The summed E-state index contributed by atoms with van der Waals surface area (Å²) in [5, 5.41) is 17.3. The van der Waals surface area contributed by atoms with Crippen LogP contribution in [0, 0.1) is 0 Å². The predicted octanol–water partition coefficient (Wildman–Crippen LogP) is 2.05. The fourth-order valence-electron chi connectivity index (χ4n) is 2.53. The lowest BCUT2D eigenvalue weighted by atomic mass is 10.1. The molecule has 1 aromatic carbocycles. The van der Waals surface area contributed by atoms with Crippen LogP contribution in [0.5, 0.6) is 0 Å². The van der Waals surface area contributed by atoms with E-state index in [1.165, 1.54) is 6.33 Å². The van der Waals surface area contributed by atoms with Gasteiger partial charge in [-0.2, -0.15) is 4.98 Å². The first kappa shape index (κ1) is 14.3. The summed E-state index contributed by atoms with van der Waals surface area (Å²) < 4.78 is 0. The minimum Gasteiger partial charge on any atom is -0.395 e. The van der Waals surface area contributed by atoms with Gasteiger partial charge in [0, 0.05) is 18.1 Å². The number of fused-ring (bicyclic) bond motifs is 2. The molecule has 0 bridgehead atoms. The van der Waals surface area contributed by atoms with E-state index < -0.39 is 0 Å². The molecule has 8 heteroatoms. The first-order valence-electron chi connectivity index (χ1n) is 7.51. The number of rotatable bonds is 5. The molecule has 3 aromatic heterocycles. The fraction of sp³-hybridized carbons (Fsp3) is 0.125. The lowest BCUT2D eigenvalue weighted by Gasteiger charge is -2.05. The number of aromatic nitrogens is 5. The zero-order valence-electron chi connectivity index (χ0n) is 12.7. The third-order valence-electron chi connectivity index (χ3n) is 3.60. The zero-order chi connectivity index (χ0) is 16.4. The molecule has 4 rings (SSSR count). The number of hydrogen-bond acceptors (Lipinski definition) is 7. The molecule has 0 saturated carbocycles. The van der Waals surface area contributed by atoms with Crippen molar-refractivity contribution in [2.75, 3.05) is 23.8 Å². The topological polar surface area (TPSA) is 112 Å². The van der Waals surface area contributed by atoms with Crippen LogP contribution in [0.25, 0.3) is 21.9 Å². The molecule has 0 fully saturated rings. The average Bonchev–Trinajstić information content (AvgIpc) is 3.03. The number of pyridine rings is 1. The molecular weight excluding hydrogens is 306 g/mol. The van der Waals surface area contributed by atoms with Gasteiger partial charge in [0.25, 0.3) is 0 Å². The smallest absolute Gasteiger partial charge is 0.208 e. The Balaban J connectivity index is 1.72. The van der Waals surface area contributed by atoms with Crippen LogP contribution in [-0.4, -0.2) is 43.2 Å². The van der Waals surface area contributed by atoms with Crippen LogP contribution in [0.15, 0.2) is 42.9 Å². The Hall–Kier alpha value is -3.26. The third-order valence-corrected chi connectivity index (χ3v) is 3.60. The lowest BCUT2D eigenvalue weighted by Crippen LogP contribution is -2.07. The molecule has 8 nitrogen and oxygen atoms in total. The van der Waals surface area contributed by atoms with E-state index in [4.69, 9.17) is 5.11 Å². The largest absolute Gasteiger partial charge is 0.395 e. The molecule has 0 aliphatic rings. The quantitative estimate of drug-likeness (QED) is 0.445. The van der Waals surface area contributed by atoms with Crippen molar-refractivity contribution in [2.45, 2.75) is 0 Å². The number of imidazole rings is 1. The molecule has 3 heterocycles. The van der Waals surface area contributed by atoms with E-state index in [2.05, 4.69) is 35.6 Å². The van der Waals surface area contributed by atoms with Crippen LogP contribution in [0.1, 0.15) is 0 Å². The molecule has 0 spiro atoms. The number of anilines is 3. The summed E-state index contributed by atoms with van der Waals surface area (Å²) in [6.45, 7) is 0.420. The van der Waals surface area contributed by atoms with Gasteiger partial charge in [-0.1, -0.05) is 24.3 Å². The molecule has 0 saturated heterocycles. The Morgan fingerprint density at radius 1 is 1.04 bits per heavy atom. The number of hydrogen-bond donors (Lipinski definition) is 4. The minimum absolute atomic E-state index is 0.0185.